The van der Waals surface area contributed by atoms with E-state index in [4.69, 9.17) is 16.3 Å². The van der Waals surface area contributed by atoms with E-state index in [9.17, 15) is 13.9 Å². The number of nitrogens with one attached hydrogen (secondary N) is 1. The molecule has 24 heavy (non-hydrogen) atoms. The zero-order valence-electron chi connectivity index (χ0n) is 13.5. The minimum absolute atomic E-state index is 0.0614. The maximum absolute atomic E-state index is 13.2. The molecule has 1 atom stereocenters. The van der Waals surface area contributed by atoms with Crippen molar-refractivity contribution in [3.63, 3.8) is 0 Å². The molecule has 0 aliphatic rings. The van der Waals surface area contributed by atoms with Crippen molar-refractivity contribution in [2.24, 2.45) is 0 Å². The Hall–Kier alpha value is -1.69. The highest BCUT2D eigenvalue weighted by molar-refractivity contribution is 6.31. The topological polar surface area (TPSA) is 41.5 Å². The summed E-state index contributed by atoms with van der Waals surface area (Å²) >= 11 is 6.09. The Morgan fingerprint density at radius 3 is 2.38 bits per heavy atom. The van der Waals surface area contributed by atoms with Crippen molar-refractivity contribution in [2.45, 2.75) is 25.5 Å². The fourth-order valence-corrected chi connectivity index (χ4v) is 2.65. The van der Waals surface area contributed by atoms with Crippen LogP contribution in [-0.2, 0) is 5.54 Å². The van der Waals surface area contributed by atoms with Gasteiger partial charge in [0.05, 0.1) is 0 Å². The van der Waals surface area contributed by atoms with Crippen LogP contribution in [0.1, 0.15) is 19.4 Å². The van der Waals surface area contributed by atoms with Crippen LogP contribution in [0.3, 0.4) is 0 Å². The first-order valence-corrected chi connectivity index (χ1v) is 7.93. The van der Waals surface area contributed by atoms with E-state index in [1.807, 2.05) is 13.8 Å². The third kappa shape index (κ3) is 5.16. The van der Waals surface area contributed by atoms with Gasteiger partial charge in [-0.15, -0.1) is 0 Å². The summed E-state index contributed by atoms with van der Waals surface area (Å²) in [6.07, 6.45) is -0.770. The van der Waals surface area contributed by atoms with Crippen molar-refractivity contribution in [1.82, 2.24) is 5.32 Å². The van der Waals surface area contributed by atoms with E-state index in [-0.39, 0.29) is 19.0 Å². The fraction of sp³-hybridized carbons (Fsp3) is 0.333. The summed E-state index contributed by atoms with van der Waals surface area (Å²) in [4.78, 5) is 0. The normalized spacial score (nSPS) is 12.9. The Morgan fingerprint density at radius 2 is 1.75 bits per heavy atom. The molecule has 0 saturated carbocycles. The van der Waals surface area contributed by atoms with E-state index in [0.717, 1.165) is 5.56 Å². The number of halogens is 3. The van der Waals surface area contributed by atoms with E-state index in [0.29, 0.717) is 10.8 Å². The Bertz CT molecular complexity index is 677. The van der Waals surface area contributed by atoms with Crippen molar-refractivity contribution >= 4 is 11.6 Å². The van der Waals surface area contributed by atoms with Gasteiger partial charge in [-0.1, -0.05) is 17.7 Å². The molecule has 2 rings (SSSR count). The van der Waals surface area contributed by atoms with Crippen LogP contribution in [0.4, 0.5) is 8.78 Å². The first-order valence-electron chi connectivity index (χ1n) is 7.55. The van der Waals surface area contributed by atoms with Gasteiger partial charge in [0.1, 0.15) is 30.1 Å². The average molecular weight is 356 g/mol. The molecule has 130 valence electrons. The number of hydrogen-bond donors (Lipinski definition) is 2. The summed E-state index contributed by atoms with van der Waals surface area (Å²) < 4.78 is 31.4. The van der Waals surface area contributed by atoms with Gasteiger partial charge in [0, 0.05) is 17.1 Å². The second kappa shape index (κ2) is 7.92. The maximum atomic E-state index is 13.2. The van der Waals surface area contributed by atoms with E-state index in [2.05, 4.69) is 5.32 Å². The van der Waals surface area contributed by atoms with Crippen LogP contribution in [-0.4, -0.2) is 24.4 Å². The standard InChI is InChI=1S/C18H20ClF2NO2/c1-18(2,16-8-5-13(21)9-17(16)19)22-10-14(23)11-24-15-6-3-12(20)4-7-15/h3-9,14,22-23H,10-11H2,1-2H3. The van der Waals surface area contributed by atoms with Gasteiger partial charge in [-0.2, -0.15) is 0 Å². The van der Waals surface area contributed by atoms with Gasteiger partial charge in [0.15, 0.2) is 0 Å². The summed E-state index contributed by atoms with van der Waals surface area (Å²) in [5, 5.41) is 13.5. The third-order valence-electron chi connectivity index (χ3n) is 3.64. The second-order valence-electron chi connectivity index (χ2n) is 6.05. The smallest absolute Gasteiger partial charge is 0.124 e. The highest BCUT2D eigenvalue weighted by Gasteiger charge is 2.24. The molecule has 0 amide bonds. The lowest BCUT2D eigenvalue weighted by Crippen LogP contribution is -2.43. The van der Waals surface area contributed by atoms with Crippen LogP contribution in [0.5, 0.6) is 5.75 Å². The van der Waals surface area contributed by atoms with Crippen LogP contribution >= 0.6 is 11.6 Å². The molecule has 1 unspecified atom stereocenters. The molecule has 0 aliphatic heterocycles. The highest BCUT2D eigenvalue weighted by Crippen LogP contribution is 2.28. The Kier molecular flexibility index (Phi) is 6.15. The van der Waals surface area contributed by atoms with Crippen molar-refractivity contribution < 1.29 is 18.6 Å². The monoisotopic (exact) mass is 355 g/mol. The summed E-state index contributed by atoms with van der Waals surface area (Å²) in [7, 11) is 0. The molecule has 0 radical (unpaired) electrons. The number of aliphatic hydroxyl groups is 1. The van der Waals surface area contributed by atoms with Crippen LogP contribution in [0.15, 0.2) is 42.5 Å². The van der Waals surface area contributed by atoms with Gasteiger partial charge in [-0.05, 0) is 55.8 Å². The molecule has 2 N–H and O–H groups in total. The molecular weight excluding hydrogens is 336 g/mol. The first-order chi connectivity index (χ1) is 11.3. The summed E-state index contributed by atoms with van der Waals surface area (Å²) in [6, 6.07) is 9.80. The predicted molar refractivity (Wildman–Crippen MR) is 90.3 cm³/mol. The first kappa shape index (κ1) is 18.6. The van der Waals surface area contributed by atoms with Crippen LogP contribution < -0.4 is 10.1 Å². The zero-order valence-corrected chi connectivity index (χ0v) is 14.3. The maximum Gasteiger partial charge on any atom is 0.124 e. The number of aliphatic hydroxyl groups excluding tert-OH is 1. The SMILES string of the molecule is CC(C)(NCC(O)COc1ccc(F)cc1)c1ccc(F)cc1Cl. The summed E-state index contributed by atoms with van der Waals surface area (Å²) in [6.45, 7) is 4.09. The molecule has 0 saturated heterocycles. The lowest BCUT2D eigenvalue weighted by atomic mass is 9.94. The molecule has 0 spiro atoms. The van der Waals surface area contributed by atoms with Crippen molar-refractivity contribution in [2.75, 3.05) is 13.2 Å². The van der Waals surface area contributed by atoms with Crippen molar-refractivity contribution in [1.29, 1.82) is 0 Å². The van der Waals surface area contributed by atoms with Crippen molar-refractivity contribution in [3.05, 3.63) is 64.7 Å². The van der Waals surface area contributed by atoms with Gasteiger partial charge >= 0.3 is 0 Å². The number of benzene rings is 2. The molecule has 0 aromatic heterocycles. The predicted octanol–water partition coefficient (Wildman–Crippen LogP) is 3.88. The second-order valence-corrected chi connectivity index (χ2v) is 6.46. The summed E-state index contributed by atoms with van der Waals surface area (Å²) in [5.41, 5.74) is 0.180. The van der Waals surface area contributed by atoms with Crippen LogP contribution in [0.2, 0.25) is 5.02 Å². The quantitative estimate of drug-likeness (QED) is 0.792. The third-order valence-corrected chi connectivity index (χ3v) is 3.95. The van der Waals surface area contributed by atoms with Gasteiger partial charge in [0.25, 0.3) is 0 Å². The molecule has 3 nitrogen and oxygen atoms in total. The number of hydrogen-bond acceptors (Lipinski definition) is 3. The van der Waals surface area contributed by atoms with E-state index < -0.39 is 17.5 Å². The molecule has 6 heteroatoms. The van der Waals surface area contributed by atoms with E-state index in [1.54, 1.807) is 6.07 Å². The Balaban J connectivity index is 1.87. The van der Waals surface area contributed by atoms with E-state index >= 15 is 0 Å². The van der Waals surface area contributed by atoms with Gasteiger partial charge in [-0.25, -0.2) is 8.78 Å². The van der Waals surface area contributed by atoms with Gasteiger partial charge in [0.2, 0.25) is 0 Å². The molecular formula is C18H20ClF2NO2. The lowest BCUT2D eigenvalue weighted by Gasteiger charge is -2.29. The highest BCUT2D eigenvalue weighted by atomic mass is 35.5. The van der Waals surface area contributed by atoms with Gasteiger partial charge in [-0.3, -0.25) is 0 Å². The molecule has 2 aromatic carbocycles. The minimum atomic E-state index is -0.770. The van der Waals surface area contributed by atoms with Gasteiger partial charge < -0.3 is 15.2 Å². The molecule has 0 fully saturated rings. The van der Waals surface area contributed by atoms with E-state index in [1.165, 1.54) is 36.4 Å². The minimum Gasteiger partial charge on any atom is -0.491 e. The number of rotatable bonds is 7. The molecule has 0 aliphatic carbocycles. The Morgan fingerprint density at radius 1 is 1.12 bits per heavy atom. The van der Waals surface area contributed by atoms with Crippen LogP contribution in [0.25, 0.3) is 0 Å². The fourth-order valence-electron chi connectivity index (χ4n) is 2.25. The molecule has 0 bridgehead atoms. The Labute approximate surface area is 145 Å². The number of ether oxygens (including phenoxy) is 1. The van der Waals surface area contributed by atoms with Crippen LogP contribution in [0, 0.1) is 11.6 Å². The zero-order chi connectivity index (χ0) is 17.7. The molecule has 0 heterocycles. The average Bonchev–Trinajstić information content (AvgIpc) is 2.52. The largest absolute Gasteiger partial charge is 0.491 e. The lowest BCUT2D eigenvalue weighted by molar-refractivity contribution is 0.0987. The summed E-state index contributed by atoms with van der Waals surface area (Å²) in [5.74, 6) is -0.258. The van der Waals surface area contributed by atoms with Crippen molar-refractivity contribution in [3.8, 4) is 5.75 Å². The molecule has 2 aromatic rings.